The second-order valence-corrected chi connectivity index (χ2v) is 6.45. The van der Waals surface area contributed by atoms with Gasteiger partial charge in [-0.15, -0.1) is 11.3 Å². The molecular formula is C18H16N6OS. The van der Waals surface area contributed by atoms with Crippen LogP contribution in [0.25, 0.3) is 22.1 Å². The van der Waals surface area contributed by atoms with Gasteiger partial charge in [-0.25, -0.2) is 19.9 Å². The van der Waals surface area contributed by atoms with Crippen LogP contribution in [0, 0.1) is 6.92 Å². The van der Waals surface area contributed by atoms with Gasteiger partial charge in [-0.3, -0.25) is 0 Å². The third-order valence-electron chi connectivity index (χ3n) is 3.72. The number of hydrogen-bond donors (Lipinski definition) is 2. The smallest absolute Gasteiger partial charge is 0.227 e. The number of aryl methyl sites for hydroxylation is 1. The van der Waals surface area contributed by atoms with Gasteiger partial charge in [0, 0.05) is 41.4 Å². The number of H-pyrrole nitrogens is 1. The van der Waals surface area contributed by atoms with E-state index >= 15 is 0 Å². The van der Waals surface area contributed by atoms with E-state index < -0.39 is 0 Å². The standard InChI is InChI=1S/C18H16N6OS/c1-11-10-21-16(22-11)13-4-3-12(9-15(13)25-2)23-18-20-6-5-14(24-18)17-19-7-8-26-17/h3-10H,1-2H3,(H,21,22)(H,20,23,24). The van der Waals surface area contributed by atoms with Gasteiger partial charge >= 0.3 is 0 Å². The normalized spacial score (nSPS) is 10.7. The lowest BCUT2D eigenvalue weighted by Crippen LogP contribution is -1.99. The van der Waals surface area contributed by atoms with E-state index in [4.69, 9.17) is 4.74 Å². The Bertz CT molecular complexity index is 1030. The van der Waals surface area contributed by atoms with Gasteiger partial charge in [-0.1, -0.05) is 0 Å². The van der Waals surface area contributed by atoms with Gasteiger partial charge in [0.05, 0.1) is 12.7 Å². The molecule has 0 aliphatic carbocycles. The lowest BCUT2D eigenvalue weighted by molar-refractivity contribution is 0.416. The summed E-state index contributed by atoms with van der Waals surface area (Å²) < 4.78 is 5.52. The molecule has 0 spiro atoms. The van der Waals surface area contributed by atoms with E-state index in [1.54, 1.807) is 25.7 Å². The van der Waals surface area contributed by atoms with E-state index in [0.717, 1.165) is 33.5 Å². The number of aromatic amines is 1. The Morgan fingerprint density at radius 1 is 1.12 bits per heavy atom. The molecule has 0 saturated heterocycles. The molecule has 4 rings (SSSR count). The number of nitrogens with zero attached hydrogens (tertiary/aromatic N) is 4. The number of hydrogen-bond acceptors (Lipinski definition) is 7. The molecule has 3 aromatic heterocycles. The van der Waals surface area contributed by atoms with Gasteiger partial charge in [0.25, 0.3) is 0 Å². The molecule has 8 heteroatoms. The monoisotopic (exact) mass is 364 g/mol. The van der Waals surface area contributed by atoms with Crippen LogP contribution in [0.2, 0.25) is 0 Å². The fraction of sp³-hybridized carbons (Fsp3) is 0.111. The third kappa shape index (κ3) is 3.27. The molecular weight excluding hydrogens is 348 g/mol. The maximum Gasteiger partial charge on any atom is 0.227 e. The highest BCUT2D eigenvalue weighted by Gasteiger charge is 2.11. The summed E-state index contributed by atoms with van der Waals surface area (Å²) in [6.45, 7) is 1.96. The van der Waals surface area contributed by atoms with E-state index in [1.807, 2.05) is 36.6 Å². The number of imidazole rings is 1. The summed E-state index contributed by atoms with van der Waals surface area (Å²) >= 11 is 1.54. The van der Waals surface area contributed by atoms with Crippen molar-refractivity contribution >= 4 is 23.0 Å². The lowest BCUT2D eigenvalue weighted by Gasteiger charge is -2.10. The Morgan fingerprint density at radius 3 is 2.77 bits per heavy atom. The highest BCUT2D eigenvalue weighted by molar-refractivity contribution is 7.13. The Balaban J connectivity index is 1.62. The number of benzene rings is 1. The molecule has 4 aromatic rings. The van der Waals surface area contributed by atoms with Crippen LogP contribution in [0.3, 0.4) is 0 Å². The van der Waals surface area contributed by atoms with Crippen molar-refractivity contribution in [3.63, 3.8) is 0 Å². The van der Waals surface area contributed by atoms with Gasteiger partial charge in [0.15, 0.2) is 0 Å². The SMILES string of the molecule is COc1cc(Nc2nccc(-c3nccs3)n2)ccc1-c1ncc(C)[nH]1. The molecule has 0 amide bonds. The zero-order chi connectivity index (χ0) is 17.9. The molecule has 2 N–H and O–H groups in total. The van der Waals surface area contributed by atoms with E-state index in [9.17, 15) is 0 Å². The minimum atomic E-state index is 0.501. The van der Waals surface area contributed by atoms with Crippen LogP contribution in [0.15, 0.2) is 48.2 Å². The van der Waals surface area contributed by atoms with Crippen LogP contribution >= 0.6 is 11.3 Å². The molecule has 130 valence electrons. The molecule has 0 bridgehead atoms. The average Bonchev–Trinajstić information content (AvgIpc) is 3.34. The predicted molar refractivity (Wildman–Crippen MR) is 102 cm³/mol. The van der Waals surface area contributed by atoms with E-state index in [-0.39, 0.29) is 0 Å². The predicted octanol–water partition coefficient (Wildman–Crippen LogP) is 4.05. The molecule has 0 unspecified atom stereocenters. The molecule has 7 nitrogen and oxygen atoms in total. The molecule has 0 aliphatic heterocycles. The first-order valence-corrected chi connectivity index (χ1v) is 8.81. The maximum absolute atomic E-state index is 5.52. The summed E-state index contributed by atoms with van der Waals surface area (Å²) in [6.07, 6.45) is 5.26. The summed E-state index contributed by atoms with van der Waals surface area (Å²) in [4.78, 5) is 20.7. The van der Waals surface area contributed by atoms with Crippen molar-refractivity contribution in [3.05, 3.63) is 53.9 Å². The second-order valence-electron chi connectivity index (χ2n) is 5.56. The van der Waals surface area contributed by atoms with Gasteiger partial charge in [0.2, 0.25) is 5.95 Å². The Morgan fingerprint density at radius 2 is 2.04 bits per heavy atom. The molecule has 0 aliphatic rings. The summed E-state index contributed by atoms with van der Waals surface area (Å²) in [5.74, 6) is 1.98. The van der Waals surface area contributed by atoms with Crippen molar-refractivity contribution in [1.29, 1.82) is 0 Å². The van der Waals surface area contributed by atoms with Gasteiger partial charge < -0.3 is 15.0 Å². The molecule has 0 atom stereocenters. The average molecular weight is 364 g/mol. The highest BCUT2D eigenvalue weighted by Crippen LogP contribution is 2.31. The zero-order valence-corrected chi connectivity index (χ0v) is 15.0. The van der Waals surface area contributed by atoms with Crippen LogP contribution in [0.1, 0.15) is 5.69 Å². The van der Waals surface area contributed by atoms with Crippen molar-refractivity contribution < 1.29 is 4.74 Å². The van der Waals surface area contributed by atoms with Gasteiger partial charge in [-0.05, 0) is 25.1 Å². The summed E-state index contributed by atoms with van der Waals surface area (Å²) in [5.41, 5.74) is 3.50. The number of anilines is 2. The van der Waals surface area contributed by atoms with Crippen LogP contribution < -0.4 is 10.1 Å². The van der Waals surface area contributed by atoms with Crippen LogP contribution in [-0.2, 0) is 0 Å². The fourth-order valence-electron chi connectivity index (χ4n) is 2.53. The minimum absolute atomic E-state index is 0.501. The summed E-state index contributed by atoms with van der Waals surface area (Å²) in [7, 11) is 1.64. The highest BCUT2D eigenvalue weighted by atomic mass is 32.1. The topological polar surface area (TPSA) is 88.6 Å². The number of ether oxygens (including phenoxy) is 1. The summed E-state index contributed by atoms with van der Waals surface area (Å²) in [5, 5.41) is 5.99. The van der Waals surface area contributed by atoms with E-state index in [2.05, 4.69) is 30.2 Å². The van der Waals surface area contributed by atoms with Crippen LogP contribution in [0.4, 0.5) is 11.6 Å². The molecule has 0 fully saturated rings. The fourth-order valence-corrected chi connectivity index (χ4v) is 3.14. The Labute approximate surface area is 154 Å². The zero-order valence-electron chi connectivity index (χ0n) is 14.2. The molecule has 1 aromatic carbocycles. The Hall–Kier alpha value is -3.26. The van der Waals surface area contributed by atoms with Crippen LogP contribution in [0.5, 0.6) is 5.75 Å². The number of methoxy groups -OCH3 is 1. The van der Waals surface area contributed by atoms with Crippen molar-refractivity contribution in [1.82, 2.24) is 24.9 Å². The first-order chi connectivity index (χ1) is 12.7. The maximum atomic E-state index is 5.52. The third-order valence-corrected chi connectivity index (χ3v) is 4.52. The van der Waals surface area contributed by atoms with Gasteiger partial charge in [0.1, 0.15) is 22.3 Å². The lowest BCUT2D eigenvalue weighted by atomic mass is 10.1. The minimum Gasteiger partial charge on any atom is -0.496 e. The summed E-state index contributed by atoms with van der Waals surface area (Å²) in [6, 6.07) is 7.62. The van der Waals surface area contributed by atoms with Crippen molar-refractivity contribution in [2.45, 2.75) is 6.92 Å². The van der Waals surface area contributed by atoms with Crippen molar-refractivity contribution in [2.75, 3.05) is 12.4 Å². The number of thiazole rings is 1. The first kappa shape index (κ1) is 16.2. The quantitative estimate of drug-likeness (QED) is 0.555. The van der Waals surface area contributed by atoms with E-state index in [1.165, 1.54) is 11.3 Å². The molecule has 3 heterocycles. The van der Waals surface area contributed by atoms with Crippen LogP contribution in [-0.4, -0.2) is 32.0 Å². The number of aromatic nitrogens is 5. The largest absolute Gasteiger partial charge is 0.496 e. The molecule has 0 radical (unpaired) electrons. The number of nitrogens with one attached hydrogen (secondary N) is 2. The first-order valence-electron chi connectivity index (χ1n) is 7.93. The number of rotatable bonds is 5. The van der Waals surface area contributed by atoms with E-state index in [0.29, 0.717) is 11.7 Å². The second kappa shape index (κ2) is 6.93. The molecule has 0 saturated carbocycles. The van der Waals surface area contributed by atoms with Gasteiger partial charge in [-0.2, -0.15) is 0 Å². The Kier molecular flexibility index (Phi) is 4.32. The molecule has 26 heavy (non-hydrogen) atoms. The van der Waals surface area contributed by atoms with Crippen molar-refractivity contribution in [3.8, 4) is 27.8 Å². The van der Waals surface area contributed by atoms with Crippen molar-refractivity contribution in [2.24, 2.45) is 0 Å².